The van der Waals surface area contributed by atoms with Crippen LogP contribution in [0.1, 0.15) is 30.0 Å². The average molecular weight is 474 g/mol. The van der Waals surface area contributed by atoms with Gasteiger partial charge in [-0.25, -0.2) is 0 Å². The summed E-state index contributed by atoms with van der Waals surface area (Å²) in [7, 11) is 2.67. The van der Waals surface area contributed by atoms with Crippen molar-refractivity contribution in [2.24, 2.45) is 5.73 Å². The molecule has 0 bridgehead atoms. The highest BCUT2D eigenvalue weighted by Gasteiger charge is 2.75. The molecule has 11 nitrogen and oxygen atoms in total. The van der Waals surface area contributed by atoms with E-state index in [9.17, 15) is 45.0 Å². The summed E-state index contributed by atoms with van der Waals surface area (Å²) >= 11 is 0. The Morgan fingerprint density at radius 1 is 1.15 bits per heavy atom. The molecule has 1 saturated carbocycles. The van der Waals surface area contributed by atoms with Crippen LogP contribution in [0, 0.1) is 0 Å². The van der Waals surface area contributed by atoms with E-state index < -0.39 is 69.4 Å². The van der Waals surface area contributed by atoms with Crippen LogP contribution < -0.4 is 5.73 Å². The molecule has 0 radical (unpaired) electrons. The number of aryl methyl sites for hydroxylation is 1. The van der Waals surface area contributed by atoms with Gasteiger partial charge in [-0.2, -0.15) is 0 Å². The first-order valence-electron chi connectivity index (χ1n) is 10.6. The number of aliphatic hydroxyl groups excluding tert-OH is 2. The van der Waals surface area contributed by atoms with Gasteiger partial charge in [-0.05, 0) is 37.7 Å². The Kier molecular flexibility index (Phi) is 5.01. The Morgan fingerprint density at radius 2 is 1.76 bits per heavy atom. The van der Waals surface area contributed by atoms with Crippen molar-refractivity contribution in [3.05, 3.63) is 45.7 Å². The molecule has 0 aromatic heterocycles. The molecule has 1 aromatic rings. The van der Waals surface area contributed by atoms with Gasteiger partial charge < -0.3 is 36.4 Å². The summed E-state index contributed by atoms with van der Waals surface area (Å²) in [6, 6.07) is 1.14. The number of fused-ring (bicyclic) bond motifs is 3. The SMILES string of the molecule is CCc1ccc(O)c2c1C[C@@]1(O)C[C@@]3(O)[C@@H](N(C)C)C(=O)C(C(N)=O)=C(O)[C@@]3(O)C(=O)C1=C2O. The van der Waals surface area contributed by atoms with Gasteiger partial charge in [0.1, 0.15) is 34.3 Å². The highest BCUT2D eigenvalue weighted by Crippen LogP contribution is 2.56. The smallest absolute Gasteiger partial charge is 0.255 e. The lowest BCUT2D eigenvalue weighted by Crippen LogP contribution is -2.79. The van der Waals surface area contributed by atoms with Crippen molar-refractivity contribution in [1.29, 1.82) is 0 Å². The van der Waals surface area contributed by atoms with Gasteiger partial charge in [-0.1, -0.05) is 13.0 Å². The van der Waals surface area contributed by atoms with Gasteiger partial charge in [0, 0.05) is 12.8 Å². The lowest BCUT2D eigenvalue weighted by Gasteiger charge is -2.57. The van der Waals surface area contributed by atoms with Gasteiger partial charge in [0.15, 0.2) is 11.5 Å². The Hall–Kier alpha value is -3.25. The first-order chi connectivity index (χ1) is 15.7. The molecule has 0 heterocycles. The number of benzene rings is 1. The molecule has 11 heteroatoms. The molecule has 0 aliphatic heterocycles. The number of amides is 1. The molecule has 34 heavy (non-hydrogen) atoms. The number of aromatic hydroxyl groups is 1. The lowest BCUT2D eigenvalue weighted by atomic mass is 9.53. The van der Waals surface area contributed by atoms with E-state index in [1.807, 2.05) is 0 Å². The third-order valence-electron chi connectivity index (χ3n) is 7.21. The number of aliphatic hydroxyl groups is 5. The van der Waals surface area contributed by atoms with E-state index in [2.05, 4.69) is 0 Å². The zero-order valence-corrected chi connectivity index (χ0v) is 18.8. The highest BCUT2D eigenvalue weighted by atomic mass is 16.4. The van der Waals surface area contributed by atoms with Crippen molar-refractivity contribution in [2.75, 3.05) is 14.1 Å². The second-order valence-corrected chi connectivity index (χ2v) is 9.34. The molecule has 1 aromatic carbocycles. The number of nitrogens with zero attached hydrogens (tertiary/aromatic N) is 1. The molecule has 182 valence electrons. The maximum Gasteiger partial charge on any atom is 0.255 e. The van der Waals surface area contributed by atoms with Gasteiger partial charge in [0.25, 0.3) is 5.91 Å². The number of hydrogen-bond donors (Lipinski definition) is 7. The number of likely N-dealkylation sites (N-methyl/N-ethyl adjacent to an activating group) is 1. The zero-order valence-electron chi connectivity index (χ0n) is 18.8. The van der Waals surface area contributed by atoms with Crippen LogP contribution in [0.4, 0.5) is 0 Å². The molecular weight excluding hydrogens is 448 g/mol. The first-order valence-corrected chi connectivity index (χ1v) is 10.6. The van der Waals surface area contributed by atoms with E-state index in [1.165, 1.54) is 20.2 Å². The third kappa shape index (κ3) is 2.63. The van der Waals surface area contributed by atoms with Crippen LogP contribution in [0.2, 0.25) is 0 Å². The van der Waals surface area contributed by atoms with Crippen molar-refractivity contribution in [1.82, 2.24) is 4.90 Å². The maximum absolute atomic E-state index is 13.7. The van der Waals surface area contributed by atoms with Crippen molar-refractivity contribution in [2.45, 2.75) is 49.0 Å². The lowest BCUT2D eigenvalue weighted by molar-refractivity contribution is -0.216. The van der Waals surface area contributed by atoms with E-state index in [4.69, 9.17) is 5.73 Å². The Labute approximate surface area is 194 Å². The first kappa shape index (κ1) is 23.9. The number of ketones is 2. The molecule has 1 amide bonds. The van der Waals surface area contributed by atoms with Gasteiger partial charge >= 0.3 is 0 Å². The second-order valence-electron chi connectivity index (χ2n) is 9.34. The van der Waals surface area contributed by atoms with Gasteiger partial charge in [-0.3, -0.25) is 19.3 Å². The van der Waals surface area contributed by atoms with Crippen LogP contribution in [0.5, 0.6) is 5.75 Å². The molecule has 3 aliphatic carbocycles. The minimum Gasteiger partial charge on any atom is -0.508 e. The van der Waals surface area contributed by atoms with E-state index in [0.29, 0.717) is 17.5 Å². The molecule has 3 aliphatic rings. The summed E-state index contributed by atoms with van der Waals surface area (Å²) in [4.78, 5) is 39.9. The summed E-state index contributed by atoms with van der Waals surface area (Å²) in [5.74, 6) is -6.79. The minimum absolute atomic E-state index is 0.129. The van der Waals surface area contributed by atoms with Gasteiger partial charge in [0.05, 0.1) is 11.1 Å². The molecule has 8 N–H and O–H groups in total. The number of nitrogens with two attached hydrogens (primary N) is 1. The molecule has 1 fully saturated rings. The fourth-order valence-corrected chi connectivity index (χ4v) is 5.78. The summed E-state index contributed by atoms with van der Waals surface area (Å²) in [5, 5.41) is 67.1. The molecule has 4 atom stereocenters. The normalized spacial score (nSPS) is 33.1. The molecule has 4 rings (SSSR count). The number of phenols is 1. The quantitative estimate of drug-likeness (QED) is 0.260. The monoisotopic (exact) mass is 474 g/mol. The maximum atomic E-state index is 13.7. The number of carbonyl (C=O) groups excluding carboxylic acids is 3. The molecular formula is C23H26N2O9. The van der Waals surface area contributed by atoms with E-state index in [-0.39, 0.29) is 17.7 Å². The van der Waals surface area contributed by atoms with E-state index >= 15 is 0 Å². The standard InChI is InChI=1S/C23H26N2O9/c1-4-9-5-6-11(26)12-10(9)7-21(32)8-22(33)17(25(2)3)16(28)13(20(24)31)18(29)23(22,34)19(30)14(21)15(12)27/h5-6,17,26-27,29,32-34H,4,7-8H2,1-3H3,(H2,24,31)/t17-,21+,22+,23+/m0/s1. The van der Waals surface area contributed by atoms with Crippen LogP contribution in [-0.4, -0.2) is 90.0 Å². The van der Waals surface area contributed by atoms with E-state index in [1.54, 1.807) is 13.0 Å². The summed E-state index contributed by atoms with van der Waals surface area (Å²) in [6.07, 6.45) is -0.761. The summed E-state index contributed by atoms with van der Waals surface area (Å²) in [6.45, 7) is 1.81. The van der Waals surface area contributed by atoms with Crippen molar-refractivity contribution in [3.63, 3.8) is 0 Å². The number of hydrogen-bond acceptors (Lipinski definition) is 10. The fourth-order valence-electron chi connectivity index (χ4n) is 5.78. The van der Waals surface area contributed by atoms with E-state index in [0.717, 1.165) is 4.90 Å². The van der Waals surface area contributed by atoms with Crippen molar-refractivity contribution >= 4 is 23.2 Å². The summed E-state index contributed by atoms with van der Waals surface area (Å²) < 4.78 is 0. The number of primary amides is 1. The van der Waals surface area contributed by atoms with Crippen molar-refractivity contribution < 1.29 is 45.0 Å². The fraction of sp³-hybridized carbons (Fsp3) is 0.435. The Bertz CT molecular complexity index is 1230. The van der Waals surface area contributed by atoms with Gasteiger partial charge in [0.2, 0.25) is 11.4 Å². The highest BCUT2D eigenvalue weighted by molar-refractivity contribution is 6.25. The van der Waals surface area contributed by atoms with Crippen LogP contribution in [0.25, 0.3) is 5.76 Å². The number of rotatable bonds is 3. The topological polar surface area (TPSA) is 202 Å². The minimum atomic E-state index is -3.30. The largest absolute Gasteiger partial charge is 0.508 e. The summed E-state index contributed by atoms with van der Waals surface area (Å²) in [5.41, 5.74) is -4.15. The predicted octanol–water partition coefficient (Wildman–Crippen LogP) is -1.24. The Morgan fingerprint density at radius 3 is 2.29 bits per heavy atom. The number of Topliss-reactive ketones (excluding diaryl/α,β-unsaturated/α-hetero) is 2. The number of carbonyl (C=O) groups is 3. The zero-order chi connectivity index (χ0) is 25.5. The second kappa shape index (κ2) is 7.12. The van der Waals surface area contributed by atoms with Crippen LogP contribution in [-0.2, 0) is 27.2 Å². The van der Waals surface area contributed by atoms with Crippen molar-refractivity contribution in [3.8, 4) is 5.75 Å². The predicted molar refractivity (Wildman–Crippen MR) is 117 cm³/mol. The van der Waals surface area contributed by atoms with Crippen LogP contribution >= 0.6 is 0 Å². The average Bonchev–Trinajstić information content (AvgIpc) is 2.70. The van der Waals surface area contributed by atoms with Gasteiger partial charge in [-0.15, -0.1) is 0 Å². The number of phenolic OH excluding ortho intramolecular Hbond substituents is 1. The Balaban J connectivity index is 2.10. The van der Waals surface area contributed by atoms with Crippen LogP contribution in [0.3, 0.4) is 0 Å². The molecule has 0 spiro atoms. The molecule has 0 saturated heterocycles. The molecule has 0 unspecified atom stereocenters. The van der Waals surface area contributed by atoms with Crippen LogP contribution in [0.15, 0.2) is 29.0 Å². The third-order valence-corrected chi connectivity index (χ3v) is 7.21.